The summed E-state index contributed by atoms with van der Waals surface area (Å²) in [6.45, 7) is 0.0780. The van der Waals surface area contributed by atoms with Crippen molar-refractivity contribution in [3.05, 3.63) is 72.1 Å². The van der Waals surface area contributed by atoms with E-state index in [0.717, 1.165) is 27.5 Å². The molecular formula is C17H15NO2S. The van der Waals surface area contributed by atoms with E-state index in [0.29, 0.717) is 5.89 Å². The molecule has 0 bridgehead atoms. The molecule has 4 heteroatoms. The first-order chi connectivity index (χ1) is 10.3. The van der Waals surface area contributed by atoms with E-state index in [9.17, 15) is 0 Å². The van der Waals surface area contributed by atoms with Gasteiger partial charge in [0.15, 0.2) is 0 Å². The number of oxazole rings is 1. The smallest absolute Gasteiger partial charge is 0.226 e. The third-order valence-corrected chi connectivity index (χ3v) is 4.11. The molecule has 0 aliphatic carbocycles. The van der Waals surface area contributed by atoms with Gasteiger partial charge in [0.1, 0.15) is 6.26 Å². The van der Waals surface area contributed by atoms with Gasteiger partial charge in [-0.25, -0.2) is 4.98 Å². The molecule has 0 saturated carbocycles. The van der Waals surface area contributed by atoms with Gasteiger partial charge in [-0.3, -0.25) is 0 Å². The zero-order valence-electron chi connectivity index (χ0n) is 11.4. The van der Waals surface area contributed by atoms with Gasteiger partial charge in [-0.15, -0.1) is 11.8 Å². The molecule has 2 aromatic carbocycles. The van der Waals surface area contributed by atoms with Crippen LogP contribution in [0.2, 0.25) is 0 Å². The van der Waals surface area contributed by atoms with E-state index in [1.54, 1.807) is 18.0 Å². The van der Waals surface area contributed by atoms with Crippen molar-refractivity contribution < 1.29 is 9.52 Å². The molecule has 0 amide bonds. The number of aromatic nitrogens is 1. The number of aliphatic hydroxyl groups excluding tert-OH is 1. The van der Waals surface area contributed by atoms with Crippen LogP contribution in [0.4, 0.5) is 0 Å². The molecule has 0 unspecified atom stereocenters. The SMILES string of the molecule is OCc1ccc(SCc2coc(-c3ccccc3)n2)cc1. The summed E-state index contributed by atoms with van der Waals surface area (Å²) in [5.74, 6) is 1.41. The molecule has 21 heavy (non-hydrogen) atoms. The summed E-state index contributed by atoms with van der Waals surface area (Å²) < 4.78 is 5.52. The van der Waals surface area contributed by atoms with E-state index < -0.39 is 0 Å². The first-order valence-electron chi connectivity index (χ1n) is 6.67. The highest BCUT2D eigenvalue weighted by molar-refractivity contribution is 7.98. The molecule has 3 rings (SSSR count). The molecule has 106 valence electrons. The number of nitrogens with zero attached hydrogens (tertiary/aromatic N) is 1. The van der Waals surface area contributed by atoms with E-state index in [2.05, 4.69) is 4.98 Å². The number of rotatable bonds is 5. The van der Waals surface area contributed by atoms with Crippen LogP contribution in [0.1, 0.15) is 11.3 Å². The van der Waals surface area contributed by atoms with E-state index >= 15 is 0 Å². The third kappa shape index (κ3) is 3.54. The Morgan fingerprint density at radius 2 is 1.76 bits per heavy atom. The van der Waals surface area contributed by atoms with E-state index in [1.807, 2.05) is 54.6 Å². The molecule has 0 aliphatic rings. The minimum Gasteiger partial charge on any atom is -0.444 e. The molecule has 0 saturated heterocycles. The number of thioether (sulfide) groups is 1. The maximum Gasteiger partial charge on any atom is 0.226 e. The van der Waals surface area contributed by atoms with Crippen LogP contribution >= 0.6 is 11.8 Å². The summed E-state index contributed by atoms with van der Waals surface area (Å²) in [4.78, 5) is 5.65. The van der Waals surface area contributed by atoms with Crippen molar-refractivity contribution >= 4 is 11.8 Å². The summed E-state index contributed by atoms with van der Waals surface area (Å²) in [5, 5.41) is 9.02. The zero-order chi connectivity index (χ0) is 14.5. The maximum absolute atomic E-state index is 9.02. The maximum atomic E-state index is 9.02. The molecule has 0 fully saturated rings. The van der Waals surface area contributed by atoms with Crippen molar-refractivity contribution in [1.29, 1.82) is 0 Å². The van der Waals surface area contributed by atoms with Crippen LogP contribution in [0.25, 0.3) is 11.5 Å². The van der Waals surface area contributed by atoms with E-state index in [4.69, 9.17) is 9.52 Å². The quantitative estimate of drug-likeness (QED) is 0.719. The summed E-state index contributed by atoms with van der Waals surface area (Å²) in [7, 11) is 0. The molecule has 3 aromatic rings. The Balaban J connectivity index is 1.64. The standard InChI is InChI=1S/C17H15NO2S/c19-10-13-6-8-16(9-7-13)21-12-15-11-20-17(18-15)14-4-2-1-3-5-14/h1-9,11,19H,10,12H2. The van der Waals surface area contributed by atoms with Crippen molar-refractivity contribution in [2.24, 2.45) is 0 Å². The van der Waals surface area contributed by atoms with E-state index in [1.165, 1.54) is 0 Å². The van der Waals surface area contributed by atoms with Crippen LogP contribution in [-0.4, -0.2) is 10.1 Å². The largest absolute Gasteiger partial charge is 0.444 e. The molecule has 1 N–H and O–H groups in total. The van der Waals surface area contributed by atoms with Gasteiger partial charge < -0.3 is 9.52 Å². The zero-order valence-corrected chi connectivity index (χ0v) is 12.2. The van der Waals surface area contributed by atoms with Gasteiger partial charge in [0.2, 0.25) is 5.89 Å². The average molecular weight is 297 g/mol. The predicted octanol–water partition coefficient (Wildman–Crippen LogP) is 4.13. The summed E-state index contributed by atoms with van der Waals surface area (Å²) >= 11 is 1.70. The number of aliphatic hydroxyl groups is 1. The fourth-order valence-electron chi connectivity index (χ4n) is 1.93. The fourth-order valence-corrected chi connectivity index (χ4v) is 2.71. The molecule has 0 aliphatic heterocycles. The van der Waals surface area contributed by atoms with Gasteiger partial charge in [0, 0.05) is 16.2 Å². The molecule has 0 radical (unpaired) electrons. The van der Waals surface area contributed by atoms with Gasteiger partial charge in [-0.05, 0) is 29.8 Å². The van der Waals surface area contributed by atoms with Crippen LogP contribution in [0.15, 0.2) is 70.2 Å². The van der Waals surface area contributed by atoms with E-state index in [-0.39, 0.29) is 6.61 Å². The number of hydrogen-bond donors (Lipinski definition) is 1. The minimum atomic E-state index is 0.0780. The van der Waals surface area contributed by atoms with Crippen molar-refractivity contribution in [3.8, 4) is 11.5 Å². The Morgan fingerprint density at radius 3 is 2.48 bits per heavy atom. The first kappa shape index (κ1) is 13.9. The monoisotopic (exact) mass is 297 g/mol. The topological polar surface area (TPSA) is 46.3 Å². The van der Waals surface area contributed by atoms with Crippen LogP contribution < -0.4 is 0 Å². The lowest BCUT2D eigenvalue weighted by molar-refractivity contribution is 0.282. The highest BCUT2D eigenvalue weighted by atomic mass is 32.2. The lowest BCUT2D eigenvalue weighted by Crippen LogP contribution is -1.84. The Morgan fingerprint density at radius 1 is 1.00 bits per heavy atom. The Hall–Kier alpha value is -2.04. The summed E-state index contributed by atoms with van der Waals surface area (Å²) in [6, 6.07) is 17.8. The molecule has 0 spiro atoms. The summed E-state index contributed by atoms with van der Waals surface area (Å²) in [6.07, 6.45) is 1.71. The molecule has 3 nitrogen and oxygen atoms in total. The average Bonchev–Trinajstić information content (AvgIpc) is 3.03. The van der Waals surface area contributed by atoms with Crippen molar-refractivity contribution in [1.82, 2.24) is 4.98 Å². The second-order valence-corrected chi connectivity index (χ2v) is 5.65. The molecule has 1 heterocycles. The Kier molecular flexibility index (Phi) is 4.38. The van der Waals surface area contributed by atoms with Crippen molar-refractivity contribution in [2.75, 3.05) is 0 Å². The van der Waals surface area contributed by atoms with Crippen LogP contribution in [0.3, 0.4) is 0 Å². The lowest BCUT2D eigenvalue weighted by atomic mass is 10.2. The highest BCUT2D eigenvalue weighted by Gasteiger charge is 2.06. The van der Waals surface area contributed by atoms with Crippen LogP contribution in [0, 0.1) is 0 Å². The number of hydrogen-bond acceptors (Lipinski definition) is 4. The molecular weight excluding hydrogens is 282 g/mol. The van der Waals surface area contributed by atoms with Gasteiger partial charge in [-0.2, -0.15) is 0 Å². The fraction of sp³-hybridized carbons (Fsp3) is 0.118. The van der Waals surface area contributed by atoms with Gasteiger partial charge >= 0.3 is 0 Å². The Labute approximate surface area is 127 Å². The number of benzene rings is 2. The lowest BCUT2D eigenvalue weighted by Gasteiger charge is -2.00. The second kappa shape index (κ2) is 6.61. The first-order valence-corrected chi connectivity index (χ1v) is 7.66. The van der Waals surface area contributed by atoms with Crippen LogP contribution in [0.5, 0.6) is 0 Å². The van der Waals surface area contributed by atoms with Gasteiger partial charge in [0.25, 0.3) is 0 Å². The molecule has 0 atom stereocenters. The Bertz CT molecular complexity index is 692. The van der Waals surface area contributed by atoms with Crippen LogP contribution in [-0.2, 0) is 12.4 Å². The van der Waals surface area contributed by atoms with Crippen molar-refractivity contribution in [3.63, 3.8) is 0 Å². The molecule has 1 aromatic heterocycles. The van der Waals surface area contributed by atoms with Gasteiger partial charge in [0.05, 0.1) is 12.3 Å². The predicted molar refractivity (Wildman–Crippen MR) is 83.9 cm³/mol. The normalized spacial score (nSPS) is 10.7. The third-order valence-electron chi connectivity index (χ3n) is 3.07. The van der Waals surface area contributed by atoms with Gasteiger partial charge in [-0.1, -0.05) is 30.3 Å². The highest BCUT2D eigenvalue weighted by Crippen LogP contribution is 2.25. The summed E-state index contributed by atoms with van der Waals surface area (Å²) in [5.41, 5.74) is 2.83. The second-order valence-electron chi connectivity index (χ2n) is 4.60. The minimum absolute atomic E-state index is 0.0780. The van der Waals surface area contributed by atoms with Crippen molar-refractivity contribution in [2.45, 2.75) is 17.3 Å².